The number of aromatic carboxylic acids is 1. The van der Waals surface area contributed by atoms with Crippen LogP contribution < -0.4 is 0 Å². The summed E-state index contributed by atoms with van der Waals surface area (Å²) in [6.07, 6.45) is 1.35. The van der Waals surface area contributed by atoms with E-state index >= 15 is 0 Å². The Morgan fingerprint density at radius 3 is 2.65 bits per heavy atom. The van der Waals surface area contributed by atoms with Gasteiger partial charge in [-0.1, -0.05) is 30.3 Å². The number of rotatable bonds is 5. The molecular formula is C20H23NO5. The van der Waals surface area contributed by atoms with Crippen LogP contribution in [-0.4, -0.2) is 35.5 Å². The van der Waals surface area contributed by atoms with Crippen molar-refractivity contribution in [3.05, 3.63) is 59.0 Å². The normalized spacial score (nSPS) is 19.9. The standard InChI is InChI=1S/C20H23NO5/c1-13-17(20(23)24)11-15(26-13)12-21(2)19(22)16-9-6-10-25-18(16)14-7-4-3-5-8-14/h3-5,7-8,11,16,18H,6,9-10,12H2,1-2H3,(H,23,24)/t16-,18-/m1/s1. The summed E-state index contributed by atoms with van der Waals surface area (Å²) in [4.78, 5) is 25.7. The molecule has 1 saturated heterocycles. The fraction of sp³-hybridized carbons (Fsp3) is 0.400. The molecule has 1 aliphatic rings. The molecule has 0 bridgehead atoms. The first-order chi connectivity index (χ1) is 12.5. The van der Waals surface area contributed by atoms with Gasteiger partial charge in [0.15, 0.2) is 0 Å². The van der Waals surface area contributed by atoms with Crippen LogP contribution >= 0.6 is 0 Å². The molecule has 3 rings (SSSR count). The second-order valence-electron chi connectivity index (χ2n) is 6.63. The van der Waals surface area contributed by atoms with Gasteiger partial charge in [0.25, 0.3) is 0 Å². The number of aryl methyl sites for hydroxylation is 1. The van der Waals surface area contributed by atoms with Crippen molar-refractivity contribution in [3.63, 3.8) is 0 Å². The van der Waals surface area contributed by atoms with Crippen LogP contribution in [0.2, 0.25) is 0 Å². The second kappa shape index (κ2) is 7.74. The van der Waals surface area contributed by atoms with Gasteiger partial charge in [-0.25, -0.2) is 4.79 Å². The Kier molecular flexibility index (Phi) is 5.42. The summed E-state index contributed by atoms with van der Waals surface area (Å²) in [5.74, 6) is -0.507. The molecule has 2 atom stereocenters. The Morgan fingerprint density at radius 2 is 2.00 bits per heavy atom. The summed E-state index contributed by atoms with van der Waals surface area (Å²) in [5.41, 5.74) is 1.13. The van der Waals surface area contributed by atoms with Gasteiger partial charge < -0.3 is 19.2 Å². The minimum absolute atomic E-state index is 0.0236. The quantitative estimate of drug-likeness (QED) is 0.887. The number of carboxylic acids is 1. The summed E-state index contributed by atoms with van der Waals surface area (Å²) in [6.45, 7) is 2.48. The molecule has 6 nitrogen and oxygen atoms in total. The molecule has 26 heavy (non-hydrogen) atoms. The maximum atomic E-state index is 13.0. The lowest BCUT2D eigenvalue weighted by molar-refractivity contribution is -0.145. The molecule has 1 aliphatic heterocycles. The molecule has 0 unspecified atom stereocenters. The average Bonchev–Trinajstić information content (AvgIpc) is 3.02. The molecule has 0 saturated carbocycles. The lowest BCUT2D eigenvalue weighted by Gasteiger charge is -2.33. The Labute approximate surface area is 152 Å². The number of hydrogen-bond acceptors (Lipinski definition) is 4. The van der Waals surface area contributed by atoms with E-state index in [1.54, 1.807) is 18.9 Å². The molecule has 1 amide bonds. The van der Waals surface area contributed by atoms with E-state index in [-0.39, 0.29) is 30.0 Å². The first-order valence-corrected chi connectivity index (χ1v) is 8.71. The second-order valence-corrected chi connectivity index (χ2v) is 6.63. The van der Waals surface area contributed by atoms with Gasteiger partial charge >= 0.3 is 5.97 Å². The third-order valence-electron chi connectivity index (χ3n) is 4.74. The summed E-state index contributed by atoms with van der Waals surface area (Å²) in [5, 5.41) is 9.13. The van der Waals surface area contributed by atoms with Gasteiger partial charge in [-0.05, 0) is 31.4 Å². The van der Waals surface area contributed by atoms with Crippen LogP contribution in [0.3, 0.4) is 0 Å². The van der Waals surface area contributed by atoms with E-state index in [1.807, 2.05) is 30.3 Å². The highest BCUT2D eigenvalue weighted by Gasteiger charge is 2.35. The SMILES string of the molecule is Cc1oc(CN(C)C(=O)[C@@H]2CCCO[C@@H]2c2ccccc2)cc1C(=O)O. The molecule has 6 heteroatoms. The molecule has 0 aliphatic carbocycles. The summed E-state index contributed by atoms with van der Waals surface area (Å²) < 4.78 is 11.4. The third kappa shape index (κ3) is 3.80. The fourth-order valence-corrected chi connectivity index (χ4v) is 3.43. The van der Waals surface area contributed by atoms with Crippen molar-refractivity contribution in [2.45, 2.75) is 32.4 Å². The highest BCUT2D eigenvalue weighted by molar-refractivity contribution is 5.88. The number of carbonyl (C=O) groups excluding carboxylic acids is 1. The highest BCUT2D eigenvalue weighted by atomic mass is 16.5. The predicted octanol–water partition coefficient (Wildman–Crippen LogP) is 3.41. The van der Waals surface area contributed by atoms with E-state index in [2.05, 4.69) is 0 Å². The van der Waals surface area contributed by atoms with Crippen molar-refractivity contribution in [2.24, 2.45) is 5.92 Å². The monoisotopic (exact) mass is 357 g/mol. The maximum absolute atomic E-state index is 13.0. The smallest absolute Gasteiger partial charge is 0.339 e. The van der Waals surface area contributed by atoms with Crippen LogP contribution in [0.15, 0.2) is 40.8 Å². The molecular weight excluding hydrogens is 334 g/mol. The van der Waals surface area contributed by atoms with E-state index in [0.717, 1.165) is 18.4 Å². The molecule has 0 spiro atoms. The van der Waals surface area contributed by atoms with Crippen LogP contribution in [-0.2, 0) is 16.1 Å². The van der Waals surface area contributed by atoms with Crippen LogP contribution in [0.4, 0.5) is 0 Å². The van der Waals surface area contributed by atoms with Crippen LogP contribution in [0, 0.1) is 12.8 Å². The Bertz CT molecular complexity index is 783. The van der Waals surface area contributed by atoms with E-state index in [9.17, 15) is 9.59 Å². The molecule has 2 heterocycles. The van der Waals surface area contributed by atoms with Crippen LogP contribution in [0.25, 0.3) is 0 Å². The zero-order valence-corrected chi connectivity index (χ0v) is 15.0. The zero-order chi connectivity index (χ0) is 18.7. The van der Waals surface area contributed by atoms with Crippen molar-refractivity contribution in [1.82, 2.24) is 4.90 Å². The maximum Gasteiger partial charge on any atom is 0.339 e. The summed E-state index contributed by atoms with van der Waals surface area (Å²) in [7, 11) is 1.71. The minimum atomic E-state index is -1.03. The summed E-state index contributed by atoms with van der Waals surface area (Å²) >= 11 is 0. The average molecular weight is 357 g/mol. The molecule has 1 aromatic carbocycles. The molecule has 0 radical (unpaired) electrons. The van der Waals surface area contributed by atoms with Crippen molar-refractivity contribution in [3.8, 4) is 0 Å². The summed E-state index contributed by atoms with van der Waals surface area (Å²) in [6, 6.07) is 11.3. The number of ether oxygens (including phenoxy) is 1. The molecule has 1 N–H and O–H groups in total. The van der Waals surface area contributed by atoms with Gasteiger partial charge in [-0.2, -0.15) is 0 Å². The molecule has 138 valence electrons. The first-order valence-electron chi connectivity index (χ1n) is 8.71. The van der Waals surface area contributed by atoms with E-state index in [4.69, 9.17) is 14.3 Å². The lowest BCUT2D eigenvalue weighted by Crippen LogP contribution is -2.38. The van der Waals surface area contributed by atoms with E-state index < -0.39 is 5.97 Å². The van der Waals surface area contributed by atoms with Gasteiger partial charge in [-0.3, -0.25) is 4.79 Å². The Balaban J connectivity index is 1.74. The zero-order valence-electron chi connectivity index (χ0n) is 15.0. The van der Waals surface area contributed by atoms with Crippen molar-refractivity contribution >= 4 is 11.9 Å². The van der Waals surface area contributed by atoms with Gasteiger partial charge in [0.1, 0.15) is 17.1 Å². The van der Waals surface area contributed by atoms with Crippen molar-refractivity contribution in [1.29, 1.82) is 0 Å². The van der Waals surface area contributed by atoms with E-state index in [1.165, 1.54) is 6.07 Å². The molecule has 1 aromatic heterocycles. The van der Waals surface area contributed by atoms with Crippen LogP contribution in [0.1, 0.15) is 46.4 Å². The third-order valence-corrected chi connectivity index (χ3v) is 4.74. The largest absolute Gasteiger partial charge is 0.478 e. The number of nitrogens with zero attached hydrogens (tertiary/aromatic N) is 1. The van der Waals surface area contributed by atoms with Crippen molar-refractivity contribution in [2.75, 3.05) is 13.7 Å². The number of benzene rings is 1. The number of carboxylic acid groups (broad SMARTS) is 1. The van der Waals surface area contributed by atoms with Gasteiger partial charge in [-0.15, -0.1) is 0 Å². The fourth-order valence-electron chi connectivity index (χ4n) is 3.43. The Morgan fingerprint density at radius 1 is 1.27 bits per heavy atom. The lowest BCUT2D eigenvalue weighted by atomic mass is 9.88. The highest BCUT2D eigenvalue weighted by Crippen LogP contribution is 2.35. The molecule has 1 fully saturated rings. The Hall–Kier alpha value is -2.60. The van der Waals surface area contributed by atoms with Crippen LogP contribution in [0.5, 0.6) is 0 Å². The van der Waals surface area contributed by atoms with Gasteiger partial charge in [0, 0.05) is 13.7 Å². The number of amides is 1. The number of carbonyl (C=O) groups is 2. The van der Waals surface area contributed by atoms with Gasteiger partial charge in [0.05, 0.1) is 18.6 Å². The van der Waals surface area contributed by atoms with Crippen molar-refractivity contribution < 1.29 is 23.8 Å². The first kappa shape index (κ1) is 18.2. The predicted molar refractivity (Wildman–Crippen MR) is 94.7 cm³/mol. The number of hydrogen-bond donors (Lipinski definition) is 1. The minimum Gasteiger partial charge on any atom is -0.478 e. The molecule has 2 aromatic rings. The topological polar surface area (TPSA) is 80.0 Å². The van der Waals surface area contributed by atoms with E-state index in [0.29, 0.717) is 18.1 Å². The number of furan rings is 1. The van der Waals surface area contributed by atoms with Gasteiger partial charge in [0.2, 0.25) is 5.91 Å².